The van der Waals surface area contributed by atoms with Crippen molar-refractivity contribution in [3.05, 3.63) is 59.4 Å². The molecular formula is C19H14F6N2O2S. The Balaban J connectivity index is 2.20. The number of aliphatic hydroxyl groups is 1. The molecule has 0 bridgehead atoms. The lowest BCUT2D eigenvalue weighted by atomic mass is 10.0. The van der Waals surface area contributed by atoms with Gasteiger partial charge in [-0.1, -0.05) is 0 Å². The van der Waals surface area contributed by atoms with E-state index in [1.54, 1.807) is 0 Å². The number of nitriles is 1. The van der Waals surface area contributed by atoms with Crippen molar-refractivity contribution in [1.82, 2.24) is 0 Å². The van der Waals surface area contributed by atoms with Crippen molar-refractivity contribution in [1.29, 1.82) is 5.26 Å². The van der Waals surface area contributed by atoms with Gasteiger partial charge < -0.3 is 10.4 Å². The maximum absolute atomic E-state index is 13.7. The predicted octanol–water partition coefficient (Wildman–Crippen LogP) is 4.83. The molecule has 0 spiro atoms. The lowest BCUT2D eigenvalue weighted by Crippen LogP contribution is -2.42. The van der Waals surface area contributed by atoms with Gasteiger partial charge in [-0.15, -0.1) is 11.8 Å². The van der Waals surface area contributed by atoms with Crippen molar-refractivity contribution in [3.63, 3.8) is 0 Å². The van der Waals surface area contributed by atoms with Crippen LogP contribution in [-0.4, -0.2) is 28.5 Å². The van der Waals surface area contributed by atoms with Gasteiger partial charge in [-0.2, -0.15) is 27.2 Å². The Morgan fingerprint density at radius 2 is 1.73 bits per heavy atom. The van der Waals surface area contributed by atoms with Gasteiger partial charge in [0.25, 0.3) is 5.91 Å². The molecular weight excluding hydrogens is 434 g/mol. The number of nitrogens with one attached hydrogen (secondary N) is 1. The van der Waals surface area contributed by atoms with Gasteiger partial charge in [0.05, 0.1) is 17.2 Å². The van der Waals surface area contributed by atoms with E-state index in [0.717, 1.165) is 24.8 Å². The molecule has 0 aliphatic carbocycles. The highest BCUT2D eigenvalue weighted by molar-refractivity contribution is 7.99. The fourth-order valence-electron chi connectivity index (χ4n) is 2.22. The molecule has 0 saturated heterocycles. The molecule has 0 saturated carbocycles. The molecule has 2 rings (SSSR count). The first kappa shape index (κ1) is 23.6. The summed E-state index contributed by atoms with van der Waals surface area (Å²) in [5.41, 5.74) is -5.02. The summed E-state index contributed by atoms with van der Waals surface area (Å²) < 4.78 is 78.4. The Kier molecular flexibility index (Phi) is 6.73. The number of carbonyl (C=O) groups excluding carboxylic acids is 1. The minimum atomic E-state index is -5.95. The molecule has 2 aromatic rings. The molecule has 2 N–H and O–H groups in total. The Hall–Kier alpha value is -2.71. The molecule has 4 nitrogen and oxygen atoms in total. The molecule has 0 aliphatic rings. The highest BCUT2D eigenvalue weighted by Crippen LogP contribution is 2.45. The minimum absolute atomic E-state index is 0.216. The largest absolute Gasteiger partial charge is 0.458 e. The Morgan fingerprint density at radius 3 is 2.27 bits per heavy atom. The van der Waals surface area contributed by atoms with Crippen LogP contribution in [0.1, 0.15) is 18.1 Å². The second-order valence-corrected chi connectivity index (χ2v) is 7.46. The molecule has 2 aromatic carbocycles. The standard InChI is InChI=1S/C19H14F6N2O2S/c1-17(29,10-30-14-6-3-12(20)4-7-14)16(28)27-13-5-2-11(9-26)15(8-13)18(21,22)19(23,24)25/h2-8,29H,10H2,1H3,(H,27,28). The number of hydrogen-bond donors (Lipinski definition) is 2. The number of thioether (sulfide) groups is 1. The second-order valence-electron chi connectivity index (χ2n) is 6.41. The molecule has 1 amide bonds. The summed E-state index contributed by atoms with van der Waals surface area (Å²) in [5.74, 6) is -7.08. The van der Waals surface area contributed by atoms with Crippen molar-refractivity contribution < 1.29 is 36.2 Å². The Morgan fingerprint density at radius 1 is 1.13 bits per heavy atom. The zero-order chi connectivity index (χ0) is 22.7. The monoisotopic (exact) mass is 448 g/mol. The van der Waals surface area contributed by atoms with Gasteiger partial charge >= 0.3 is 12.1 Å². The highest BCUT2D eigenvalue weighted by atomic mass is 32.2. The molecule has 0 fully saturated rings. The van der Waals surface area contributed by atoms with E-state index >= 15 is 0 Å². The predicted molar refractivity (Wildman–Crippen MR) is 97.5 cm³/mol. The first-order chi connectivity index (χ1) is 13.8. The number of hydrogen-bond acceptors (Lipinski definition) is 4. The smallest absolute Gasteiger partial charge is 0.379 e. The molecule has 1 unspecified atom stereocenters. The second kappa shape index (κ2) is 8.57. The maximum atomic E-state index is 13.7. The summed E-state index contributed by atoms with van der Waals surface area (Å²) in [5, 5.41) is 21.2. The zero-order valence-electron chi connectivity index (χ0n) is 15.2. The number of amides is 1. The number of halogens is 6. The molecule has 11 heteroatoms. The summed E-state index contributed by atoms with van der Waals surface area (Å²) >= 11 is 1.00. The van der Waals surface area contributed by atoms with Gasteiger partial charge in [0.2, 0.25) is 0 Å². The van der Waals surface area contributed by atoms with E-state index in [1.807, 2.05) is 0 Å². The van der Waals surface area contributed by atoms with E-state index in [-0.39, 0.29) is 5.75 Å². The maximum Gasteiger partial charge on any atom is 0.458 e. The SMILES string of the molecule is CC(O)(CSc1ccc(F)cc1)C(=O)Nc1ccc(C#N)c(C(F)(F)C(F)(F)F)c1. The third-order valence-corrected chi connectivity index (χ3v) is 5.23. The number of benzene rings is 2. The van der Waals surface area contributed by atoms with Gasteiger partial charge in [-0.3, -0.25) is 4.79 Å². The van der Waals surface area contributed by atoms with Crippen LogP contribution in [0.2, 0.25) is 0 Å². The van der Waals surface area contributed by atoms with Crippen LogP contribution in [0.25, 0.3) is 0 Å². The van der Waals surface area contributed by atoms with Crippen LogP contribution >= 0.6 is 11.8 Å². The van der Waals surface area contributed by atoms with Crippen LogP contribution in [0.3, 0.4) is 0 Å². The van der Waals surface area contributed by atoms with Gasteiger partial charge in [-0.05, 0) is 49.4 Å². The third-order valence-electron chi connectivity index (χ3n) is 3.91. The first-order valence-corrected chi connectivity index (χ1v) is 9.18. The van der Waals surface area contributed by atoms with E-state index in [0.29, 0.717) is 17.0 Å². The van der Waals surface area contributed by atoms with Crippen LogP contribution in [0.4, 0.5) is 32.0 Å². The molecule has 160 valence electrons. The average molecular weight is 448 g/mol. The number of carbonyl (C=O) groups is 1. The van der Waals surface area contributed by atoms with Crippen molar-refractivity contribution in [2.24, 2.45) is 0 Å². The number of anilines is 1. The molecule has 0 heterocycles. The molecule has 30 heavy (non-hydrogen) atoms. The number of rotatable bonds is 6. The summed E-state index contributed by atoms with van der Waals surface area (Å²) in [6.45, 7) is 1.12. The van der Waals surface area contributed by atoms with Crippen LogP contribution in [0, 0.1) is 17.1 Å². The topological polar surface area (TPSA) is 73.1 Å². The number of nitrogens with zero attached hydrogens (tertiary/aromatic N) is 1. The van der Waals surface area contributed by atoms with Crippen LogP contribution in [0.5, 0.6) is 0 Å². The van der Waals surface area contributed by atoms with Crippen LogP contribution in [-0.2, 0) is 10.7 Å². The van der Waals surface area contributed by atoms with Gasteiger partial charge in [0.1, 0.15) is 11.4 Å². The minimum Gasteiger partial charge on any atom is -0.379 e. The quantitative estimate of drug-likeness (QED) is 0.490. The van der Waals surface area contributed by atoms with Crippen molar-refractivity contribution in [2.75, 3.05) is 11.1 Å². The third kappa shape index (κ3) is 5.25. The Bertz CT molecular complexity index is 968. The zero-order valence-corrected chi connectivity index (χ0v) is 16.0. The lowest BCUT2D eigenvalue weighted by molar-refractivity contribution is -0.289. The number of alkyl halides is 5. The van der Waals surface area contributed by atoms with Gasteiger partial charge in [0.15, 0.2) is 0 Å². The van der Waals surface area contributed by atoms with E-state index in [4.69, 9.17) is 5.26 Å². The fraction of sp³-hybridized carbons (Fsp3) is 0.263. The van der Waals surface area contributed by atoms with E-state index < -0.39 is 46.2 Å². The Labute approximate surface area is 171 Å². The van der Waals surface area contributed by atoms with Crippen LogP contribution in [0.15, 0.2) is 47.4 Å². The summed E-state index contributed by atoms with van der Waals surface area (Å²) in [6, 6.07) is 8.47. The first-order valence-electron chi connectivity index (χ1n) is 8.19. The normalized spacial score (nSPS) is 14.0. The molecule has 0 aromatic heterocycles. The van der Waals surface area contributed by atoms with Crippen molar-refractivity contribution >= 4 is 23.4 Å². The lowest BCUT2D eigenvalue weighted by Gasteiger charge is -2.24. The fourth-order valence-corrected chi connectivity index (χ4v) is 3.13. The van der Waals surface area contributed by atoms with Crippen molar-refractivity contribution in [2.45, 2.75) is 29.5 Å². The van der Waals surface area contributed by atoms with Crippen LogP contribution < -0.4 is 5.32 Å². The van der Waals surface area contributed by atoms with Gasteiger partial charge in [-0.25, -0.2) is 4.39 Å². The molecule has 1 atom stereocenters. The summed E-state index contributed by atoms with van der Waals surface area (Å²) in [7, 11) is 0. The van der Waals surface area contributed by atoms with E-state index in [2.05, 4.69) is 5.32 Å². The highest BCUT2D eigenvalue weighted by Gasteiger charge is 2.59. The summed E-state index contributed by atoms with van der Waals surface area (Å²) in [4.78, 5) is 12.8. The van der Waals surface area contributed by atoms with E-state index in [1.165, 1.54) is 30.3 Å². The van der Waals surface area contributed by atoms with E-state index in [9.17, 15) is 36.2 Å². The van der Waals surface area contributed by atoms with Gasteiger partial charge in [0, 0.05) is 16.3 Å². The molecule has 0 radical (unpaired) electrons. The summed E-state index contributed by atoms with van der Waals surface area (Å²) in [6.07, 6.45) is -5.95. The van der Waals surface area contributed by atoms with Crippen molar-refractivity contribution in [3.8, 4) is 6.07 Å². The average Bonchev–Trinajstić information content (AvgIpc) is 2.66. The molecule has 0 aliphatic heterocycles.